The first-order valence-corrected chi connectivity index (χ1v) is 14.6. The van der Waals surface area contributed by atoms with E-state index in [1.54, 1.807) is 14.0 Å². The number of methoxy groups -OCH3 is 1. The van der Waals surface area contributed by atoms with Gasteiger partial charge in [0.15, 0.2) is 6.10 Å². The molecule has 0 aromatic heterocycles. The summed E-state index contributed by atoms with van der Waals surface area (Å²) in [5.74, 6) is 0.897. The van der Waals surface area contributed by atoms with Crippen LogP contribution in [0.4, 0.5) is 0 Å². The molecule has 1 N–H and O–H groups in total. The molecule has 40 heavy (non-hydrogen) atoms. The Morgan fingerprint density at radius 2 is 1.75 bits per heavy atom. The molecule has 0 fully saturated rings. The maximum Gasteiger partial charge on any atom is 0.334 e. The van der Waals surface area contributed by atoms with Crippen molar-refractivity contribution in [2.24, 2.45) is 23.7 Å². The highest BCUT2D eigenvalue weighted by Crippen LogP contribution is 2.30. The fourth-order valence-electron chi connectivity index (χ4n) is 5.52. The molecule has 0 radical (unpaired) electrons. The lowest BCUT2D eigenvalue weighted by Gasteiger charge is -2.30. The third-order valence-electron chi connectivity index (χ3n) is 7.78. The molecule has 5 heteroatoms. The molecule has 0 aromatic carbocycles. The molecule has 0 bridgehead atoms. The van der Waals surface area contributed by atoms with Crippen molar-refractivity contribution in [1.82, 2.24) is 0 Å². The molecule has 2 heterocycles. The van der Waals surface area contributed by atoms with Crippen LogP contribution in [0.1, 0.15) is 75.7 Å². The molecule has 7 atom stereocenters. The lowest BCUT2D eigenvalue weighted by molar-refractivity contribution is -0.146. The molecule has 0 amide bonds. The number of rotatable bonds is 5. The molecule has 0 saturated carbocycles. The summed E-state index contributed by atoms with van der Waals surface area (Å²) in [6, 6.07) is 0. The van der Waals surface area contributed by atoms with Crippen molar-refractivity contribution in [3.05, 3.63) is 82.2 Å². The van der Waals surface area contributed by atoms with Crippen LogP contribution >= 0.6 is 0 Å². The smallest absolute Gasteiger partial charge is 0.334 e. The van der Waals surface area contributed by atoms with E-state index in [1.807, 2.05) is 57.2 Å². The molecule has 222 valence electrons. The third-order valence-corrected chi connectivity index (χ3v) is 7.78. The van der Waals surface area contributed by atoms with Crippen molar-refractivity contribution in [3.63, 3.8) is 0 Å². The zero-order valence-corrected chi connectivity index (χ0v) is 26.5. The van der Waals surface area contributed by atoms with Gasteiger partial charge in [0.1, 0.15) is 18.0 Å². The highest BCUT2D eigenvalue weighted by Gasteiger charge is 2.28. The molecule has 0 aromatic rings. The number of aliphatic hydroxyl groups excluding tert-OH is 1. The lowest BCUT2D eigenvalue weighted by Crippen LogP contribution is -2.33. The summed E-state index contributed by atoms with van der Waals surface area (Å²) < 4.78 is 18.3. The van der Waals surface area contributed by atoms with Gasteiger partial charge in [0.25, 0.3) is 0 Å². The molecule has 2 aliphatic rings. The van der Waals surface area contributed by atoms with Gasteiger partial charge in [-0.3, -0.25) is 0 Å². The number of aliphatic hydroxyl groups is 1. The fourth-order valence-corrected chi connectivity index (χ4v) is 5.52. The van der Waals surface area contributed by atoms with E-state index in [1.165, 1.54) is 5.57 Å². The number of cyclic esters (lactones) is 1. The van der Waals surface area contributed by atoms with E-state index in [0.29, 0.717) is 11.5 Å². The summed E-state index contributed by atoms with van der Waals surface area (Å²) >= 11 is 0. The van der Waals surface area contributed by atoms with E-state index in [2.05, 4.69) is 53.7 Å². The van der Waals surface area contributed by atoms with Gasteiger partial charge in [-0.05, 0) is 76.2 Å². The van der Waals surface area contributed by atoms with E-state index >= 15 is 0 Å². The average molecular weight is 553 g/mol. The molecule has 5 nitrogen and oxygen atoms in total. The monoisotopic (exact) mass is 552 g/mol. The minimum atomic E-state index is -0.618. The van der Waals surface area contributed by atoms with Crippen molar-refractivity contribution in [2.75, 3.05) is 7.11 Å². The minimum Gasteiger partial charge on any atom is -0.490 e. The number of esters is 1. The molecule has 0 spiro atoms. The van der Waals surface area contributed by atoms with Crippen LogP contribution in [0.5, 0.6) is 0 Å². The van der Waals surface area contributed by atoms with Crippen LogP contribution in [0.25, 0.3) is 0 Å². The normalized spacial score (nSPS) is 35.1. The molecular weight excluding hydrogens is 500 g/mol. The molecular formula is C35H52O5. The largest absolute Gasteiger partial charge is 0.490 e. The van der Waals surface area contributed by atoms with Gasteiger partial charge in [-0.1, -0.05) is 82.2 Å². The molecule has 0 saturated heterocycles. The van der Waals surface area contributed by atoms with Crippen LogP contribution in [0.15, 0.2) is 82.2 Å². The Bertz CT molecular complexity index is 1100. The van der Waals surface area contributed by atoms with E-state index in [9.17, 15) is 9.90 Å². The summed E-state index contributed by atoms with van der Waals surface area (Å²) in [6.45, 7) is 20.4. The Morgan fingerprint density at radius 3 is 2.38 bits per heavy atom. The van der Waals surface area contributed by atoms with Crippen LogP contribution < -0.4 is 0 Å². The van der Waals surface area contributed by atoms with Gasteiger partial charge < -0.3 is 19.3 Å². The fraction of sp³-hybridized carbons (Fsp3) is 0.571. The Labute approximate surface area is 243 Å². The number of ether oxygens (including phenoxy) is 3. The van der Waals surface area contributed by atoms with Gasteiger partial charge in [-0.15, -0.1) is 0 Å². The van der Waals surface area contributed by atoms with E-state index < -0.39 is 24.3 Å². The molecule has 4 unspecified atom stereocenters. The number of carbonyl (C=O) groups is 1. The van der Waals surface area contributed by atoms with Crippen molar-refractivity contribution < 1.29 is 24.1 Å². The predicted molar refractivity (Wildman–Crippen MR) is 165 cm³/mol. The zero-order chi connectivity index (χ0) is 30.1. The highest BCUT2D eigenvalue weighted by atomic mass is 16.6. The third kappa shape index (κ3) is 9.49. The van der Waals surface area contributed by atoms with Crippen LogP contribution in [0.2, 0.25) is 0 Å². The second-order valence-electron chi connectivity index (χ2n) is 12.2. The Balaban J connectivity index is 2.48. The second kappa shape index (κ2) is 15.4. The van der Waals surface area contributed by atoms with E-state index in [-0.39, 0.29) is 23.9 Å². The topological polar surface area (TPSA) is 65.0 Å². The first kappa shape index (κ1) is 33.6. The lowest BCUT2D eigenvalue weighted by atomic mass is 9.87. The van der Waals surface area contributed by atoms with Crippen LogP contribution in [-0.4, -0.2) is 42.6 Å². The van der Waals surface area contributed by atoms with Crippen molar-refractivity contribution in [1.29, 1.82) is 0 Å². The maximum absolute atomic E-state index is 13.3. The van der Waals surface area contributed by atoms with Gasteiger partial charge in [0, 0.05) is 24.5 Å². The Hall–Kier alpha value is -2.63. The summed E-state index contributed by atoms with van der Waals surface area (Å²) in [6.07, 6.45) is 15.3. The SMILES string of the molecule is COC1/C=C/C=C(\C)C[C@H](C)[C@H](O)[C@H](C)/C=C(C)\C=C(\C)C(=O)OC1/C(C)=C/C(C)C1=CC=C(C)C(C(C)C)O1. The molecule has 2 rings (SSSR count). The minimum absolute atomic E-state index is 0.00972. The maximum atomic E-state index is 13.3. The van der Waals surface area contributed by atoms with Gasteiger partial charge in [-0.25, -0.2) is 4.79 Å². The number of hydrogen-bond donors (Lipinski definition) is 1. The quantitative estimate of drug-likeness (QED) is 0.278. The van der Waals surface area contributed by atoms with Gasteiger partial charge in [-0.2, -0.15) is 0 Å². The standard InChI is InChI=1S/C35H52O5/c1-21(2)33-24(5)15-16-30(39-33)25(6)20-28(9)34-31(38-11)14-12-13-22(3)17-26(7)32(36)27(8)18-23(4)19-29(10)35(37)40-34/h12-16,18-21,25-27,31-34,36H,17H2,1-11H3/b14-12+,22-13+,23-18-,28-20+,29-19-/t25?,26-,27+,31?,32-,33?,34?/m0/s1. The van der Waals surface area contributed by atoms with E-state index in [4.69, 9.17) is 14.2 Å². The van der Waals surface area contributed by atoms with Crippen LogP contribution in [0.3, 0.4) is 0 Å². The van der Waals surface area contributed by atoms with E-state index in [0.717, 1.165) is 28.9 Å². The summed E-state index contributed by atoms with van der Waals surface area (Å²) in [5.41, 5.74) is 4.68. The number of allylic oxidation sites excluding steroid dienone is 8. The van der Waals surface area contributed by atoms with Crippen LogP contribution in [-0.2, 0) is 19.0 Å². The van der Waals surface area contributed by atoms with Gasteiger partial charge in [0.2, 0.25) is 0 Å². The summed E-state index contributed by atoms with van der Waals surface area (Å²) in [5, 5.41) is 10.9. The first-order chi connectivity index (χ1) is 18.7. The highest BCUT2D eigenvalue weighted by molar-refractivity contribution is 5.88. The Morgan fingerprint density at radius 1 is 1.07 bits per heavy atom. The first-order valence-electron chi connectivity index (χ1n) is 14.6. The van der Waals surface area contributed by atoms with Gasteiger partial charge >= 0.3 is 5.97 Å². The summed E-state index contributed by atoms with van der Waals surface area (Å²) in [7, 11) is 1.63. The second-order valence-corrected chi connectivity index (χ2v) is 12.2. The average Bonchev–Trinajstić information content (AvgIpc) is 2.88. The van der Waals surface area contributed by atoms with Crippen molar-refractivity contribution in [3.8, 4) is 0 Å². The summed E-state index contributed by atoms with van der Waals surface area (Å²) in [4.78, 5) is 13.3. The van der Waals surface area contributed by atoms with Gasteiger partial charge in [0.05, 0.1) is 6.10 Å². The van der Waals surface area contributed by atoms with Crippen LogP contribution in [0, 0.1) is 23.7 Å². The number of hydrogen-bond acceptors (Lipinski definition) is 5. The van der Waals surface area contributed by atoms with Crippen molar-refractivity contribution in [2.45, 2.75) is 100 Å². The zero-order valence-electron chi connectivity index (χ0n) is 26.5. The predicted octanol–water partition coefficient (Wildman–Crippen LogP) is 7.81. The number of carbonyl (C=O) groups excluding carboxylic acids is 1. The molecule has 2 aliphatic heterocycles. The Kier molecular flexibility index (Phi) is 12.9. The van der Waals surface area contributed by atoms with Crippen molar-refractivity contribution >= 4 is 5.97 Å². The molecule has 0 aliphatic carbocycles.